The molecule has 0 saturated carbocycles. The zero-order valence-corrected chi connectivity index (χ0v) is 15.5. The van der Waals surface area contributed by atoms with Crippen LogP contribution in [0, 0.1) is 0 Å². The first-order chi connectivity index (χ1) is 13.6. The highest BCUT2D eigenvalue weighted by molar-refractivity contribution is 6.06. The molecule has 0 bridgehead atoms. The number of hydrogen-bond donors (Lipinski definition) is 1. The predicted octanol–water partition coefficient (Wildman–Crippen LogP) is 5.23. The Kier molecular flexibility index (Phi) is 6.53. The van der Waals surface area contributed by atoms with E-state index in [2.05, 4.69) is 0 Å². The van der Waals surface area contributed by atoms with Crippen LogP contribution in [0.5, 0.6) is 5.75 Å². The van der Waals surface area contributed by atoms with Crippen molar-refractivity contribution in [1.29, 1.82) is 0 Å². The van der Waals surface area contributed by atoms with Crippen molar-refractivity contribution in [1.82, 2.24) is 0 Å². The van der Waals surface area contributed by atoms with E-state index in [1.54, 1.807) is 30.3 Å². The summed E-state index contributed by atoms with van der Waals surface area (Å²) in [6.07, 6.45) is 4.04. The van der Waals surface area contributed by atoms with E-state index in [4.69, 9.17) is 0 Å². The molecule has 3 aromatic rings. The molecule has 1 N–H and O–H groups in total. The summed E-state index contributed by atoms with van der Waals surface area (Å²) < 4.78 is 0. The van der Waals surface area contributed by atoms with Crippen LogP contribution in [0.25, 0.3) is 17.2 Å². The molecule has 0 amide bonds. The molecule has 0 aliphatic heterocycles. The fraction of sp³-hybridized carbons (Fsp3) is 0.120. The monoisotopic (exact) mass is 370 g/mol. The van der Waals surface area contributed by atoms with Crippen molar-refractivity contribution in [2.24, 2.45) is 0 Å². The van der Waals surface area contributed by atoms with Crippen molar-refractivity contribution in [3.8, 4) is 16.9 Å². The third kappa shape index (κ3) is 5.52. The molecule has 0 aromatic heterocycles. The lowest BCUT2D eigenvalue weighted by Crippen LogP contribution is -2.06. The summed E-state index contributed by atoms with van der Waals surface area (Å²) in [6, 6.07) is 24.6. The third-order valence-corrected chi connectivity index (χ3v) is 4.49. The van der Waals surface area contributed by atoms with Gasteiger partial charge in [0.05, 0.1) is 6.42 Å². The Morgan fingerprint density at radius 3 is 2.25 bits per heavy atom. The molecule has 0 atom stereocenters. The molecule has 28 heavy (non-hydrogen) atoms. The molecule has 3 aromatic carbocycles. The minimum absolute atomic E-state index is 0.0842. The van der Waals surface area contributed by atoms with E-state index < -0.39 is 0 Å². The van der Waals surface area contributed by atoms with Crippen LogP contribution in [-0.2, 0) is 16.0 Å². The van der Waals surface area contributed by atoms with Crippen LogP contribution in [0.15, 0.2) is 84.9 Å². The van der Waals surface area contributed by atoms with E-state index in [1.807, 2.05) is 54.6 Å². The number of carbonyl (C=O) groups excluding carboxylic acids is 2. The Morgan fingerprint density at radius 2 is 1.50 bits per heavy atom. The smallest absolute Gasteiger partial charge is 0.163 e. The highest BCUT2D eigenvalue weighted by Crippen LogP contribution is 2.24. The lowest BCUT2D eigenvalue weighted by molar-refractivity contribution is -0.124. The van der Waals surface area contributed by atoms with Gasteiger partial charge in [0.2, 0.25) is 0 Å². The van der Waals surface area contributed by atoms with Gasteiger partial charge in [-0.3, -0.25) is 9.59 Å². The molecular weight excluding hydrogens is 348 g/mol. The average molecular weight is 370 g/mol. The number of phenols is 1. The first kappa shape index (κ1) is 19.3. The van der Waals surface area contributed by atoms with Gasteiger partial charge in [0.25, 0.3) is 0 Å². The third-order valence-electron chi connectivity index (χ3n) is 4.49. The summed E-state index contributed by atoms with van der Waals surface area (Å²) in [4.78, 5) is 24.3. The second kappa shape index (κ2) is 9.47. The van der Waals surface area contributed by atoms with Gasteiger partial charge in [0.1, 0.15) is 11.5 Å². The number of carbonyl (C=O) groups is 2. The minimum atomic E-state index is -0.196. The van der Waals surface area contributed by atoms with Gasteiger partial charge >= 0.3 is 0 Å². The first-order valence-corrected chi connectivity index (χ1v) is 9.27. The molecule has 0 radical (unpaired) electrons. The second-order valence-electron chi connectivity index (χ2n) is 6.63. The van der Waals surface area contributed by atoms with Crippen LogP contribution in [0.2, 0.25) is 0 Å². The van der Waals surface area contributed by atoms with E-state index in [9.17, 15) is 14.7 Å². The Bertz CT molecular complexity index is 970. The quantitative estimate of drug-likeness (QED) is 0.436. The van der Waals surface area contributed by atoms with Crippen molar-refractivity contribution in [2.45, 2.75) is 19.3 Å². The summed E-state index contributed by atoms with van der Waals surface area (Å²) in [5.41, 5.74) is 4.04. The van der Waals surface area contributed by atoms with Gasteiger partial charge in [0.15, 0.2) is 5.78 Å². The standard InChI is InChI=1S/C25H22O3/c26-22-14-10-19(11-15-22)12-16-23(27)18-24(28)17-13-21-8-4-5-9-25(21)20-6-2-1-3-7-20/h1-11,13-15,17,26H,12,16,18H2/b17-13+. The average Bonchev–Trinajstić information content (AvgIpc) is 2.73. The summed E-state index contributed by atoms with van der Waals surface area (Å²) in [7, 11) is 0. The maximum Gasteiger partial charge on any atom is 0.163 e. The number of rotatable bonds is 8. The Hall–Kier alpha value is -3.46. The van der Waals surface area contributed by atoms with Gasteiger partial charge in [-0.1, -0.05) is 72.8 Å². The molecule has 0 aliphatic rings. The number of aromatic hydroxyl groups is 1. The van der Waals surface area contributed by atoms with Gasteiger partial charge in [-0.25, -0.2) is 0 Å². The lowest BCUT2D eigenvalue weighted by atomic mass is 9.99. The van der Waals surface area contributed by atoms with Crippen molar-refractivity contribution in [3.05, 3.63) is 96.1 Å². The Labute approximate surface area is 165 Å². The summed E-state index contributed by atoms with van der Waals surface area (Å²) in [5.74, 6) is -0.0798. The SMILES string of the molecule is O=C(/C=C/c1ccccc1-c1ccccc1)CC(=O)CCc1ccc(O)cc1. The number of benzene rings is 3. The van der Waals surface area contributed by atoms with Crippen molar-refractivity contribution in [2.75, 3.05) is 0 Å². The molecule has 0 saturated heterocycles. The van der Waals surface area contributed by atoms with E-state index in [1.165, 1.54) is 6.08 Å². The van der Waals surface area contributed by atoms with Crippen LogP contribution in [0.1, 0.15) is 24.0 Å². The summed E-state index contributed by atoms with van der Waals surface area (Å²) in [5, 5.41) is 9.28. The molecule has 3 rings (SSSR count). The minimum Gasteiger partial charge on any atom is -0.508 e. The van der Waals surface area contributed by atoms with Crippen LogP contribution >= 0.6 is 0 Å². The van der Waals surface area contributed by atoms with Gasteiger partial charge in [-0.05, 0) is 46.9 Å². The molecule has 0 fully saturated rings. The molecule has 3 nitrogen and oxygen atoms in total. The number of aryl methyl sites for hydroxylation is 1. The molecule has 3 heteroatoms. The molecular formula is C25H22O3. The molecule has 0 unspecified atom stereocenters. The first-order valence-electron chi connectivity index (χ1n) is 9.27. The van der Waals surface area contributed by atoms with Crippen LogP contribution in [0.3, 0.4) is 0 Å². The predicted molar refractivity (Wildman–Crippen MR) is 112 cm³/mol. The van der Waals surface area contributed by atoms with Crippen molar-refractivity contribution < 1.29 is 14.7 Å². The summed E-state index contributed by atoms with van der Waals surface area (Å²) in [6.45, 7) is 0. The van der Waals surface area contributed by atoms with Gasteiger partial charge < -0.3 is 5.11 Å². The van der Waals surface area contributed by atoms with E-state index in [0.717, 1.165) is 22.3 Å². The largest absolute Gasteiger partial charge is 0.508 e. The van der Waals surface area contributed by atoms with Gasteiger partial charge in [-0.2, -0.15) is 0 Å². The van der Waals surface area contributed by atoms with Crippen molar-refractivity contribution in [3.63, 3.8) is 0 Å². The van der Waals surface area contributed by atoms with Crippen LogP contribution < -0.4 is 0 Å². The number of phenolic OH excluding ortho intramolecular Hbond substituents is 1. The van der Waals surface area contributed by atoms with Crippen molar-refractivity contribution >= 4 is 17.6 Å². The lowest BCUT2D eigenvalue weighted by Gasteiger charge is -2.06. The fourth-order valence-electron chi connectivity index (χ4n) is 2.99. The highest BCUT2D eigenvalue weighted by Gasteiger charge is 2.08. The Morgan fingerprint density at radius 1 is 0.821 bits per heavy atom. The van der Waals surface area contributed by atoms with Gasteiger partial charge in [0, 0.05) is 6.42 Å². The molecule has 140 valence electrons. The zero-order chi connectivity index (χ0) is 19.8. The number of allylic oxidation sites excluding steroid dienone is 1. The topological polar surface area (TPSA) is 54.4 Å². The van der Waals surface area contributed by atoms with E-state index in [0.29, 0.717) is 12.8 Å². The second-order valence-corrected chi connectivity index (χ2v) is 6.63. The Balaban J connectivity index is 1.58. The summed E-state index contributed by atoms with van der Waals surface area (Å²) >= 11 is 0. The molecule has 0 aliphatic carbocycles. The number of ketones is 2. The van der Waals surface area contributed by atoms with Crippen LogP contribution in [-0.4, -0.2) is 16.7 Å². The molecule has 0 heterocycles. The maximum absolute atomic E-state index is 12.2. The van der Waals surface area contributed by atoms with E-state index in [-0.39, 0.29) is 23.7 Å². The maximum atomic E-state index is 12.2. The van der Waals surface area contributed by atoms with Crippen LogP contribution in [0.4, 0.5) is 0 Å². The normalized spacial score (nSPS) is 10.9. The fourth-order valence-corrected chi connectivity index (χ4v) is 2.99. The molecule has 0 spiro atoms. The highest BCUT2D eigenvalue weighted by atomic mass is 16.3. The number of Topliss-reactive ketones (excluding diaryl/α,β-unsaturated/α-hetero) is 1. The van der Waals surface area contributed by atoms with Gasteiger partial charge in [-0.15, -0.1) is 0 Å². The zero-order valence-electron chi connectivity index (χ0n) is 15.5. The number of hydrogen-bond acceptors (Lipinski definition) is 3. The van der Waals surface area contributed by atoms with E-state index >= 15 is 0 Å².